The summed E-state index contributed by atoms with van der Waals surface area (Å²) in [5.41, 5.74) is 2.56. The van der Waals surface area contributed by atoms with Gasteiger partial charge in [-0.05, 0) is 6.07 Å². The van der Waals surface area contributed by atoms with Crippen LogP contribution >= 0.6 is 0 Å². The van der Waals surface area contributed by atoms with Gasteiger partial charge in [-0.15, -0.1) is 0 Å². The molecule has 2 rings (SSSR count). The van der Waals surface area contributed by atoms with E-state index in [4.69, 9.17) is 4.74 Å². The molecule has 0 bridgehead atoms. The largest absolute Gasteiger partial charge is 0.492 e. The topological polar surface area (TPSA) is 21.3 Å². The van der Waals surface area contributed by atoms with Crippen molar-refractivity contribution in [3.8, 4) is 5.75 Å². The Kier molecular flexibility index (Phi) is 2.04. The van der Waals surface area contributed by atoms with Crippen LogP contribution in [0.15, 0.2) is 18.2 Å². The molecule has 12 heavy (non-hydrogen) atoms. The van der Waals surface area contributed by atoms with Gasteiger partial charge in [-0.2, -0.15) is 0 Å². The summed E-state index contributed by atoms with van der Waals surface area (Å²) in [6.07, 6.45) is 0. The van der Waals surface area contributed by atoms with E-state index in [1.807, 2.05) is 0 Å². The van der Waals surface area contributed by atoms with Crippen molar-refractivity contribution in [2.75, 3.05) is 13.2 Å². The standard InChI is InChI=1S/C9H12BNO/c10-8-1-2-9-7(5-8)6-11-3-4-12-9/h1-2,5,11H,3-4,6,10H2. The number of ether oxygens (including phenoxy) is 1. The van der Waals surface area contributed by atoms with Crippen molar-refractivity contribution < 1.29 is 4.74 Å². The van der Waals surface area contributed by atoms with Gasteiger partial charge in [0.05, 0.1) is 0 Å². The van der Waals surface area contributed by atoms with Crippen LogP contribution in [0.3, 0.4) is 0 Å². The van der Waals surface area contributed by atoms with Gasteiger partial charge >= 0.3 is 0 Å². The van der Waals surface area contributed by atoms with Gasteiger partial charge in [-0.1, -0.05) is 17.6 Å². The van der Waals surface area contributed by atoms with Gasteiger partial charge in [-0.25, -0.2) is 0 Å². The monoisotopic (exact) mass is 161 g/mol. The lowest BCUT2D eigenvalue weighted by Gasteiger charge is -2.06. The van der Waals surface area contributed by atoms with Gasteiger partial charge in [0.25, 0.3) is 0 Å². The van der Waals surface area contributed by atoms with E-state index < -0.39 is 0 Å². The van der Waals surface area contributed by atoms with E-state index in [1.54, 1.807) is 0 Å². The zero-order valence-electron chi connectivity index (χ0n) is 7.26. The fourth-order valence-electron chi connectivity index (χ4n) is 1.44. The lowest BCUT2D eigenvalue weighted by molar-refractivity contribution is 0.326. The Morgan fingerprint density at radius 2 is 2.33 bits per heavy atom. The summed E-state index contributed by atoms with van der Waals surface area (Å²) in [7, 11) is 2.10. The van der Waals surface area contributed by atoms with Gasteiger partial charge in [0.2, 0.25) is 0 Å². The van der Waals surface area contributed by atoms with Gasteiger partial charge < -0.3 is 10.1 Å². The van der Waals surface area contributed by atoms with Crippen LogP contribution in [0.25, 0.3) is 0 Å². The Balaban J connectivity index is 2.36. The fraction of sp³-hybridized carbons (Fsp3) is 0.333. The molecule has 0 unspecified atom stereocenters. The summed E-state index contributed by atoms with van der Waals surface area (Å²) in [6.45, 7) is 2.64. The molecule has 0 saturated heterocycles. The minimum atomic E-state index is 0.774. The van der Waals surface area contributed by atoms with Crippen molar-refractivity contribution in [2.24, 2.45) is 0 Å². The molecular formula is C9H12BNO. The van der Waals surface area contributed by atoms with E-state index in [9.17, 15) is 0 Å². The molecule has 2 nitrogen and oxygen atoms in total. The van der Waals surface area contributed by atoms with E-state index in [2.05, 4.69) is 31.4 Å². The molecule has 3 heteroatoms. The maximum Gasteiger partial charge on any atom is 0.139 e. The molecular weight excluding hydrogens is 149 g/mol. The molecule has 1 aromatic carbocycles. The molecule has 0 fully saturated rings. The number of fused-ring (bicyclic) bond motifs is 1. The van der Waals surface area contributed by atoms with Crippen molar-refractivity contribution in [1.29, 1.82) is 0 Å². The molecule has 0 amide bonds. The first kappa shape index (κ1) is 7.68. The molecule has 0 aromatic heterocycles. The molecule has 1 aliphatic heterocycles. The normalized spacial score (nSPS) is 16.0. The van der Waals surface area contributed by atoms with E-state index in [0.29, 0.717) is 0 Å². The minimum Gasteiger partial charge on any atom is -0.492 e. The fourth-order valence-corrected chi connectivity index (χ4v) is 1.44. The van der Waals surface area contributed by atoms with Gasteiger partial charge in [0, 0.05) is 18.7 Å². The quantitative estimate of drug-likeness (QED) is 0.514. The average molecular weight is 161 g/mol. The Morgan fingerprint density at radius 3 is 3.25 bits per heavy atom. The van der Waals surface area contributed by atoms with Crippen LogP contribution in [0.5, 0.6) is 5.75 Å². The molecule has 0 saturated carbocycles. The van der Waals surface area contributed by atoms with Crippen LogP contribution in [0.4, 0.5) is 0 Å². The van der Waals surface area contributed by atoms with Crippen LogP contribution in [-0.4, -0.2) is 21.0 Å². The highest BCUT2D eigenvalue weighted by atomic mass is 16.5. The smallest absolute Gasteiger partial charge is 0.139 e. The SMILES string of the molecule is Bc1ccc2c(c1)CNCCO2. The van der Waals surface area contributed by atoms with Gasteiger partial charge in [0.1, 0.15) is 20.2 Å². The Morgan fingerprint density at radius 1 is 1.42 bits per heavy atom. The number of hydrogen-bond donors (Lipinski definition) is 1. The van der Waals surface area contributed by atoms with Crippen molar-refractivity contribution >= 4 is 13.3 Å². The number of benzene rings is 1. The predicted octanol–water partition coefficient (Wildman–Crippen LogP) is -0.573. The van der Waals surface area contributed by atoms with Gasteiger partial charge in [-0.3, -0.25) is 0 Å². The van der Waals surface area contributed by atoms with Crippen molar-refractivity contribution in [3.05, 3.63) is 23.8 Å². The maximum absolute atomic E-state index is 5.54. The Labute approximate surface area is 73.3 Å². The first-order valence-electron chi connectivity index (χ1n) is 4.29. The van der Waals surface area contributed by atoms with Gasteiger partial charge in [0.15, 0.2) is 0 Å². The van der Waals surface area contributed by atoms with Crippen LogP contribution in [0, 0.1) is 0 Å². The molecule has 62 valence electrons. The molecule has 1 heterocycles. The number of hydrogen-bond acceptors (Lipinski definition) is 2. The van der Waals surface area contributed by atoms with Crippen molar-refractivity contribution in [1.82, 2.24) is 5.32 Å². The highest BCUT2D eigenvalue weighted by Crippen LogP contribution is 2.17. The Hall–Kier alpha value is -0.955. The lowest BCUT2D eigenvalue weighted by atomic mass is 9.94. The molecule has 1 aromatic rings. The Bertz CT molecular complexity index is 288. The van der Waals surface area contributed by atoms with E-state index in [0.717, 1.165) is 25.4 Å². The summed E-state index contributed by atoms with van der Waals surface area (Å²) >= 11 is 0. The van der Waals surface area contributed by atoms with Crippen molar-refractivity contribution in [2.45, 2.75) is 6.54 Å². The molecule has 0 spiro atoms. The zero-order valence-corrected chi connectivity index (χ0v) is 7.26. The maximum atomic E-state index is 5.54. The minimum absolute atomic E-state index is 0.774. The number of nitrogens with one attached hydrogen (secondary N) is 1. The third-order valence-corrected chi connectivity index (χ3v) is 2.07. The van der Waals surface area contributed by atoms with Crippen LogP contribution in [0.2, 0.25) is 0 Å². The van der Waals surface area contributed by atoms with Crippen LogP contribution < -0.4 is 15.5 Å². The zero-order chi connectivity index (χ0) is 8.39. The second-order valence-corrected chi connectivity index (χ2v) is 3.14. The second-order valence-electron chi connectivity index (χ2n) is 3.14. The molecule has 0 radical (unpaired) electrons. The summed E-state index contributed by atoms with van der Waals surface area (Å²) in [5.74, 6) is 1.03. The van der Waals surface area contributed by atoms with E-state index in [-0.39, 0.29) is 0 Å². The molecule has 1 aliphatic rings. The van der Waals surface area contributed by atoms with E-state index >= 15 is 0 Å². The second kappa shape index (κ2) is 3.19. The first-order valence-corrected chi connectivity index (χ1v) is 4.29. The van der Waals surface area contributed by atoms with Crippen LogP contribution in [-0.2, 0) is 6.54 Å². The molecule has 0 aliphatic carbocycles. The van der Waals surface area contributed by atoms with Crippen LogP contribution in [0.1, 0.15) is 5.56 Å². The van der Waals surface area contributed by atoms with Crippen molar-refractivity contribution in [3.63, 3.8) is 0 Å². The summed E-state index contributed by atoms with van der Waals surface area (Å²) in [5, 5.41) is 3.31. The summed E-state index contributed by atoms with van der Waals surface area (Å²) in [4.78, 5) is 0. The first-order chi connectivity index (χ1) is 5.86. The average Bonchev–Trinajstić information content (AvgIpc) is 2.28. The molecule has 1 N–H and O–H groups in total. The number of rotatable bonds is 0. The summed E-state index contributed by atoms with van der Waals surface area (Å²) < 4.78 is 5.54. The lowest BCUT2D eigenvalue weighted by Crippen LogP contribution is -2.16. The highest BCUT2D eigenvalue weighted by Gasteiger charge is 2.06. The highest BCUT2D eigenvalue weighted by molar-refractivity contribution is 6.32. The summed E-state index contributed by atoms with van der Waals surface area (Å²) in [6, 6.07) is 6.31. The predicted molar refractivity (Wildman–Crippen MR) is 51.8 cm³/mol. The third-order valence-electron chi connectivity index (χ3n) is 2.07. The molecule has 0 atom stereocenters. The van der Waals surface area contributed by atoms with E-state index in [1.165, 1.54) is 11.0 Å². The third kappa shape index (κ3) is 1.46.